The van der Waals surface area contributed by atoms with Crippen LogP contribution in [0, 0.1) is 0 Å². The maximum atomic E-state index is 6.91. The molecule has 1 heterocycles. The molecule has 0 aliphatic heterocycles. The number of allylic oxidation sites excluding steroid dienone is 1. The van der Waals surface area contributed by atoms with Crippen LogP contribution in [0.5, 0.6) is 0 Å². The van der Waals surface area contributed by atoms with Crippen LogP contribution in [0.3, 0.4) is 0 Å². The van der Waals surface area contributed by atoms with Crippen molar-refractivity contribution in [2.24, 2.45) is 0 Å². The lowest BCUT2D eigenvalue weighted by molar-refractivity contribution is 0.784. The summed E-state index contributed by atoms with van der Waals surface area (Å²) >= 11 is 1.84. The molecule has 6 rings (SSSR count). The SMILES string of the molecule is CC1CC=Cc2sc3c(N)c(-c4ccc(-c5ccccc5)cc4)c4ccccc4c3c21. The molecule has 0 spiro atoms. The van der Waals surface area contributed by atoms with Crippen LogP contribution in [-0.2, 0) is 0 Å². The standard InChI is InChI=1S/C29H23NS/c1-18-8-7-13-24-25(18)27-23-12-6-5-11-22(23)26(28(30)29(27)31-24)21-16-14-20(15-17-21)19-9-3-2-4-10-19/h2-7,9-18H,8,30H2,1H3. The Kier molecular flexibility index (Phi) is 4.22. The lowest BCUT2D eigenvalue weighted by atomic mass is 9.86. The van der Waals surface area contributed by atoms with Gasteiger partial charge in [0, 0.05) is 15.8 Å². The summed E-state index contributed by atoms with van der Waals surface area (Å²) in [7, 11) is 0. The molecule has 0 radical (unpaired) electrons. The van der Waals surface area contributed by atoms with Crippen LogP contribution in [0.15, 0.2) is 84.9 Å². The highest BCUT2D eigenvalue weighted by Crippen LogP contribution is 2.50. The largest absolute Gasteiger partial charge is 0.397 e. The lowest BCUT2D eigenvalue weighted by Gasteiger charge is -2.17. The zero-order valence-electron chi connectivity index (χ0n) is 17.4. The maximum Gasteiger partial charge on any atom is 0.0594 e. The van der Waals surface area contributed by atoms with E-state index in [-0.39, 0.29) is 0 Å². The molecule has 0 saturated heterocycles. The summed E-state index contributed by atoms with van der Waals surface area (Å²) < 4.78 is 1.23. The first-order valence-corrected chi connectivity index (χ1v) is 11.6. The van der Waals surface area contributed by atoms with Crippen LogP contribution < -0.4 is 5.73 Å². The lowest BCUT2D eigenvalue weighted by Crippen LogP contribution is -1.98. The van der Waals surface area contributed by atoms with E-state index in [0.717, 1.165) is 17.7 Å². The summed E-state index contributed by atoms with van der Waals surface area (Å²) in [5.41, 5.74) is 14.1. The van der Waals surface area contributed by atoms with E-state index < -0.39 is 0 Å². The van der Waals surface area contributed by atoms with Gasteiger partial charge in [-0.25, -0.2) is 0 Å². The number of hydrogen-bond donors (Lipinski definition) is 1. The second kappa shape index (κ2) is 7.11. The quantitative estimate of drug-likeness (QED) is 0.286. The Morgan fingerprint density at radius 3 is 2.19 bits per heavy atom. The van der Waals surface area contributed by atoms with Crippen molar-refractivity contribution in [3.05, 3.63) is 95.4 Å². The van der Waals surface area contributed by atoms with Gasteiger partial charge in [-0.05, 0) is 51.4 Å². The molecule has 1 aliphatic carbocycles. The molecule has 31 heavy (non-hydrogen) atoms. The van der Waals surface area contributed by atoms with Crippen LogP contribution >= 0.6 is 11.3 Å². The average molecular weight is 418 g/mol. The number of thiophene rings is 1. The van der Waals surface area contributed by atoms with Gasteiger partial charge in [0.1, 0.15) is 0 Å². The monoisotopic (exact) mass is 417 g/mol. The Morgan fingerprint density at radius 2 is 1.42 bits per heavy atom. The van der Waals surface area contributed by atoms with E-state index in [9.17, 15) is 0 Å². The molecule has 2 N–H and O–H groups in total. The van der Waals surface area contributed by atoms with E-state index in [1.165, 1.54) is 48.0 Å². The molecule has 0 amide bonds. The van der Waals surface area contributed by atoms with Crippen LogP contribution in [0.2, 0.25) is 0 Å². The van der Waals surface area contributed by atoms with Crippen molar-refractivity contribution in [2.75, 3.05) is 5.73 Å². The molecule has 0 fully saturated rings. The molecule has 4 aromatic carbocycles. The molecule has 1 unspecified atom stereocenters. The van der Waals surface area contributed by atoms with Gasteiger partial charge in [-0.15, -0.1) is 11.3 Å². The van der Waals surface area contributed by atoms with Gasteiger partial charge in [-0.3, -0.25) is 0 Å². The summed E-state index contributed by atoms with van der Waals surface area (Å²) in [5, 5.41) is 3.91. The topological polar surface area (TPSA) is 26.0 Å². The Hall–Kier alpha value is -3.36. The predicted octanol–water partition coefficient (Wildman–Crippen LogP) is 8.49. The average Bonchev–Trinajstić information content (AvgIpc) is 3.22. The number of anilines is 1. The van der Waals surface area contributed by atoms with Crippen molar-refractivity contribution in [3.8, 4) is 22.3 Å². The minimum Gasteiger partial charge on any atom is -0.397 e. The Bertz CT molecular complexity index is 1460. The molecule has 1 aliphatic rings. The van der Waals surface area contributed by atoms with Gasteiger partial charge < -0.3 is 5.73 Å². The van der Waals surface area contributed by atoms with E-state index in [4.69, 9.17) is 5.73 Å². The Morgan fingerprint density at radius 1 is 0.774 bits per heavy atom. The van der Waals surface area contributed by atoms with Crippen LogP contribution in [0.25, 0.3) is 49.2 Å². The third kappa shape index (κ3) is 2.83. The number of benzene rings is 4. The van der Waals surface area contributed by atoms with Crippen molar-refractivity contribution in [1.29, 1.82) is 0 Å². The van der Waals surface area contributed by atoms with Gasteiger partial charge in [-0.1, -0.05) is 91.9 Å². The smallest absolute Gasteiger partial charge is 0.0594 e. The van der Waals surface area contributed by atoms with Gasteiger partial charge in [0.25, 0.3) is 0 Å². The number of nitrogen functional groups attached to an aromatic ring is 1. The molecule has 0 saturated carbocycles. The zero-order chi connectivity index (χ0) is 20.9. The highest BCUT2D eigenvalue weighted by atomic mass is 32.1. The number of fused-ring (bicyclic) bond motifs is 5. The van der Waals surface area contributed by atoms with Crippen molar-refractivity contribution in [3.63, 3.8) is 0 Å². The molecular formula is C29H23NS. The molecule has 0 bridgehead atoms. The molecule has 2 heteroatoms. The summed E-state index contributed by atoms with van der Waals surface area (Å²) in [6.45, 7) is 2.33. The molecule has 1 aromatic heterocycles. The van der Waals surface area contributed by atoms with Gasteiger partial charge in [0.15, 0.2) is 0 Å². The Labute approximate surface area is 186 Å². The predicted molar refractivity (Wildman–Crippen MR) is 137 cm³/mol. The molecule has 1 atom stereocenters. The number of nitrogens with two attached hydrogens (primary N) is 1. The molecule has 150 valence electrons. The maximum absolute atomic E-state index is 6.91. The fraction of sp³-hybridized carbons (Fsp3) is 0.103. The van der Waals surface area contributed by atoms with Gasteiger partial charge in [0.2, 0.25) is 0 Å². The summed E-state index contributed by atoms with van der Waals surface area (Å²) in [4.78, 5) is 1.36. The second-order valence-corrected chi connectivity index (χ2v) is 9.45. The van der Waals surface area contributed by atoms with E-state index >= 15 is 0 Å². The summed E-state index contributed by atoms with van der Waals surface area (Å²) in [5.74, 6) is 0.521. The highest BCUT2D eigenvalue weighted by Gasteiger charge is 2.24. The van der Waals surface area contributed by atoms with Gasteiger partial charge >= 0.3 is 0 Å². The van der Waals surface area contributed by atoms with E-state index in [1.54, 1.807) is 0 Å². The number of hydrogen-bond acceptors (Lipinski definition) is 2. The minimum atomic E-state index is 0.521. The van der Waals surface area contributed by atoms with Gasteiger partial charge in [-0.2, -0.15) is 0 Å². The fourth-order valence-corrected chi connectivity index (χ4v) is 6.31. The molecule has 5 aromatic rings. The number of rotatable bonds is 2. The minimum absolute atomic E-state index is 0.521. The summed E-state index contributed by atoms with van der Waals surface area (Å²) in [6.07, 6.45) is 5.67. The first-order chi connectivity index (χ1) is 15.2. The van der Waals surface area contributed by atoms with Crippen LogP contribution in [0.4, 0.5) is 5.69 Å². The Balaban J connectivity index is 1.62. The van der Waals surface area contributed by atoms with Crippen molar-refractivity contribution >= 4 is 44.0 Å². The van der Waals surface area contributed by atoms with Crippen molar-refractivity contribution < 1.29 is 0 Å². The first-order valence-electron chi connectivity index (χ1n) is 10.8. The molecular weight excluding hydrogens is 394 g/mol. The highest BCUT2D eigenvalue weighted by molar-refractivity contribution is 7.21. The second-order valence-electron chi connectivity index (χ2n) is 8.40. The van der Waals surface area contributed by atoms with E-state index in [2.05, 4.69) is 97.9 Å². The van der Waals surface area contributed by atoms with E-state index in [1.807, 2.05) is 11.3 Å². The van der Waals surface area contributed by atoms with Crippen LogP contribution in [0.1, 0.15) is 29.7 Å². The van der Waals surface area contributed by atoms with E-state index in [0.29, 0.717) is 5.92 Å². The third-order valence-corrected chi connectivity index (χ3v) is 7.69. The fourth-order valence-electron chi connectivity index (χ4n) is 4.98. The molecule has 1 nitrogen and oxygen atoms in total. The first kappa shape index (κ1) is 18.4. The summed E-state index contributed by atoms with van der Waals surface area (Å²) in [6, 6.07) is 28.1. The van der Waals surface area contributed by atoms with Crippen molar-refractivity contribution in [1.82, 2.24) is 0 Å². The third-order valence-electron chi connectivity index (χ3n) is 6.49. The van der Waals surface area contributed by atoms with Gasteiger partial charge in [0.05, 0.1) is 10.4 Å². The zero-order valence-corrected chi connectivity index (χ0v) is 18.2. The van der Waals surface area contributed by atoms with Crippen LogP contribution in [-0.4, -0.2) is 0 Å². The van der Waals surface area contributed by atoms with Crippen molar-refractivity contribution in [2.45, 2.75) is 19.3 Å². The normalized spacial score (nSPS) is 15.5.